The van der Waals surface area contributed by atoms with Crippen LogP contribution < -0.4 is 10.6 Å². The maximum Gasteiger partial charge on any atom is 0.259 e. The monoisotopic (exact) mass is 308 g/mol. The Kier molecular flexibility index (Phi) is 3.50. The van der Waals surface area contributed by atoms with Crippen LogP contribution >= 0.6 is 0 Å². The van der Waals surface area contributed by atoms with Gasteiger partial charge in [0.15, 0.2) is 5.78 Å². The molecule has 23 heavy (non-hydrogen) atoms. The van der Waals surface area contributed by atoms with Crippen LogP contribution in [0.3, 0.4) is 0 Å². The summed E-state index contributed by atoms with van der Waals surface area (Å²) >= 11 is 0. The summed E-state index contributed by atoms with van der Waals surface area (Å²) < 4.78 is 0. The van der Waals surface area contributed by atoms with E-state index in [4.69, 9.17) is 0 Å². The van der Waals surface area contributed by atoms with E-state index in [1.807, 2.05) is 0 Å². The van der Waals surface area contributed by atoms with Crippen molar-refractivity contribution in [2.75, 3.05) is 5.32 Å². The SMILES string of the molecule is CC(=O)c1ccc(C(=O)Nc2ccc3c(c2)C(=O)NC3=O)cc1. The Bertz CT molecular complexity index is 853. The molecule has 6 heteroatoms. The molecule has 0 radical (unpaired) electrons. The summed E-state index contributed by atoms with van der Waals surface area (Å²) in [4.78, 5) is 46.5. The lowest BCUT2D eigenvalue weighted by Crippen LogP contribution is -2.19. The van der Waals surface area contributed by atoms with E-state index in [9.17, 15) is 19.2 Å². The van der Waals surface area contributed by atoms with Gasteiger partial charge in [-0.1, -0.05) is 12.1 Å². The van der Waals surface area contributed by atoms with Crippen LogP contribution in [-0.2, 0) is 0 Å². The fourth-order valence-electron chi connectivity index (χ4n) is 2.31. The van der Waals surface area contributed by atoms with Crippen molar-refractivity contribution in [3.8, 4) is 0 Å². The number of nitrogens with one attached hydrogen (secondary N) is 2. The number of carbonyl (C=O) groups excluding carboxylic acids is 4. The summed E-state index contributed by atoms with van der Waals surface area (Å²) in [5, 5.41) is 4.85. The summed E-state index contributed by atoms with van der Waals surface area (Å²) in [6.45, 7) is 1.45. The molecule has 3 rings (SSSR count). The third-order valence-corrected chi connectivity index (χ3v) is 3.55. The van der Waals surface area contributed by atoms with E-state index in [-0.39, 0.29) is 17.3 Å². The molecule has 0 spiro atoms. The Morgan fingerprint density at radius 2 is 1.48 bits per heavy atom. The van der Waals surface area contributed by atoms with Crippen LogP contribution in [0, 0.1) is 0 Å². The lowest BCUT2D eigenvalue weighted by atomic mass is 10.1. The van der Waals surface area contributed by atoms with Gasteiger partial charge in [0.2, 0.25) is 0 Å². The highest BCUT2D eigenvalue weighted by molar-refractivity contribution is 6.22. The molecule has 0 atom stereocenters. The lowest BCUT2D eigenvalue weighted by Gasteiger charge is -2.06. The first kappa shape index (κ1) is 14.6. The van der Waals surface area contributed by atoms with Crippen LogP contribution in [0.2, 0.25) is 0 Å². The second kappa shape index (κ2) is 5.49. The van der Waals surface area contributed by atoms with E-state index >= 15 is 0 Å². The molecular weight excluding hydrogens is 296 g/mol. The Labute approximate surface area is 131 Å². The molecule has 0 saturated carbocycles. The molecular formula is C17H12N2O4. The van der Waals surface area contributed by atoms with Gasteiger partial charge in [0.1, 0.15) is 0 Å². The van der Waals surface area contributed by atoms with Gasteiger partial charge in [-0.05, 0) is 37.3 Å². The highest BCUT2D eigenvalue weighted by Gasteiger charge is 2.26. The molecule has 0 saturated heterocycles. The molecule has 2 N–H and O–H groups in total. The molecule has 0 aromatic heterocycles. The number of anilines is 1. The van der Waals surface area contributed by atoms with Gasteiger partial charge in [-0.15, -0.1) is 0 Å². The van der Waals surface area contributed by atoms with Crippen molar-refractivity contribution in [1.82, 2.24) is 5.32 Å². The zero-order valence-corrected chi connectivity index (χ0v) is 12.2. The van der Waals surface area contributed by atoms with E-state index < -0.39 is 11.8 Å². The minimum atomic E-state index is -0.480. The van der Waals surface area contributed by atoms with Crippen LogP contribution in [0.5, 0.6) is 0 Å². The van der Waals surface area contributed by atoms with Crippen molar-refractivity contribution in [3.05, 3.63) is 64.7 Å². The van der Waals surface area contributed by atoms with Crippen LogP contribution in [0.4, 0.5) is 5.69 Å². The summed E-state index contributed by atoms with van der Waals surface area (Å²) in [5.41, 5.74) is 1.85. The Morgan fingerprint density at radius 1 is 0.870 bits per heavy atom. The van der Waals surface area contributed by atoms with Gasteiger partial charge < -0.3 is 5.32 Å². The number of benzene rings is 2. The molecule has 3 amide bonds. The van der Waals surface area contributed by atoms with E-state index in [1.54, 1.807) is 30.3 Å². The highest BCUT2D eigenvalue weighted by Crippen LogP contribution is 2.20. The second-order valence-corrected chi connectivity index (χ2v) is 5.13. The summed E-state index contributed by atoms with van der Waals surface area (Å²) in [6, 6.07) is 10.8. The molecule has 1 aliphatic rings. The van der Waals surface area contributed by atoms with Crippen molar-refractivity contribution in [2.45, 2.75) is 6.92 Å². The normalized spacial score (nSPS) is 12.6. The first-order valence-electron chi connectivity index (χ1n) is 6.88. The molecule has 0 aliphatic carbocycles. The van der Waals surface area contributed by atoms with Gasteiger partial charge in [0.25, 0.3) is 17.7 Å². The van der Waals surface area contributed by atoms with Gasteiger partial charge >= 0.3 is 0 Å². The standard InChI is InChI=1S/C17H12N2O4/c1-9(20)10-2-4-11(5-3-10)15(21)18-12-6-7-13-14(8-12)17(23)19-16(13)22/h2-8H,1H3,(H,18,21)(H,19,22,23). The number of carbonyl (C=O) groups is 4. The summed E-state index contributed by atoms with van der Waals surface area (Å²) in [6.07, 6.45) is 0. The van der Waals surface area contributed by atoms with Gasteiger partial charge in [0, 0.05) is 16.8 Å². The van der Waals surface area contributed by atoms with Crippen LogP contribution in [0.15, 0.2) is 42.5 Å². The number of fused-ring (bicyclic) bond motifs is 1. The minimum absolute atomic E-state index is 0.0775. The highest BCUT2D eigenvalue weighted by atomic mass is 16.2. The predicted molar refractivity (Wildman–Crippen MR) is 82.6 cm³/mol. The number of rotatable bonds is 3. The number of Topliss-reactive ketones (excluding diaryl/α,β-unsaturated/α-hetero) is 1. The Morgan fingerprint density at radius 3 is 2.13 bits per heavy atom. The molecule has 2 aromatic rings. The zero-order valence-electron chi connectivity index (χ0n) is 12.2. The van der Waals surface area contributed by atoms with Gasteiger partial charge in [-0.2, -0.15) is 0 Å². The van der Waals surface area contributed by atoms with Gasteiger partial charge in [0.05, 0.1) is 11.1 Å². The molecule has 0 bridgehead atoms. The Hall–Kier alpha value is -3.28. The third-order valence-electron chi connectivity index (χ3n) is 3.55. The maximum atomic E-state index is 12.2. The molecule has 1 aliphatic heterocycles. The largest absolute Gasteiger partial charge is 0.322 e. The molecule has 114 valence electrons. The van der Waals surface area contributed by atoms with Gasteiger partial charge in [-0.3, -0.25) is 24.5 Å². The number of imide groups is 1. The summed E-state index contributed by atoms with van der Waals surface area (Å²) in [7, 11) is 0. The van der Waals surface area contributed by atoms with Crippen molar-refractivity contribution in [3.63, 3.8) is 0 Å². The average molecular weight is 308 g/mol. The van der Waals surface area contributed by atoms with Crippen molar-refractivity contribution >= 4 is 29.2 Å². The molecule has 2 aromatic carbocycles. The zero-order chi connectivity index (χ0) is 16.6. The number of ketones is 1. The average Bonchev–Trinajstić information content (AvgIpc) is 2.81. The molecule has 1 heterocycles. The Balaban J connectivity index is 1.81. The third kappa shape index (κ3) is 2.74. The smallest absolute Gasteiger partial charge is 0.259 e. The fourth-order valence-corrected chi connectivity index (χ4v) is 2.31. The molecule has 6 nitrogen and oxygen atoms in total. The minimum Gasteiger partial charge on any atom is -0.322 e. The number of hydrogen-bond acceptors (Lipinski definition) is 4. The van der Waals surface area contributed by atoms with Crippen LogP contribution in [0.25, 0.3) is 0 Å². The number of amides is 3. The van der Waals surface area contributed by atoms with Gasteiger partial charge in [-0.25, -0.2) is 0 Å². The fraction of sp³-hybridized carbons (Fsp3) is 0.0588. The predicted octanol–water partition coefficient (Wildman–Crippen LogP) is 2.03. The summed E-state index contributed by atoms with van der Waals surface area (Å²) in [5.74, 6) is -1.37. The van der Waals surface area contributed by atoms with Crippen molar-refractivity contribution < 1.29 is 19.2 Å². The van der Waals surface area contributed by atoms with Crippen LogP contribution in [0.1, 0.15) is 48.4 Å². The maximum absolute atomic E-state index is 12.2. The van der Waals surface area contributed by atoms with E-state index in [1.165, 1.54) is 19.1 Å². The lowest BCUT2D eigenvalue weighted by molar-refractivity contribution is 0.0877. The van der Waals surface area contributed by atoms with Crippen molar-refractivity contribution in [1.29, 1.82) is 0 Å². The van der Waals surface area contributed by atoms with Crippen LogP contribution in [-0.4, -0.2) is 23.5 Å². The van der Waals surface area contributed by atoms with E-state index in [0.29, 0.717) is 22.4 Å². The molecule has 0 fully saturated rings. The first-order chi connectivity index (χ1) is 11.0. The van der Waals surface area contributed by atoms with Crippen molar-refractivity contribution in [2.24, 2.45) is 0 Å². The van der Waals surface area contributed by atoms with E-state index in [0.717, 1.165) is 0 Å². The topological polar surface area (TPSA) is 92.3 Å². The molecule has 0 unspecified atom stereocenters. The first-order valence-corrected chi connectivity index (χ1v) is 6.88. The number of hydrogen-bond donors (Lipinski definition) is 2. The second-order valence-electron chi connectivity index (χ2n) is 5.13. The van der Waals surface area contributed by atoms with E-state index in [2.05, 4.69) is 10.6 Å². The quantitative estimate of drug-likeness (QED) is 0.670.